The molecule has 1 N–H and O–H groups in total. The van der Waals surface area contributed by atoms with Crippen LogP contribution in [0, 0.1) is 0 Å². The van der Waals surface area contributed by atoms with E-state index in [1.807, 2.05) is 12.1 Å². The van der Waals surface area contributed by atoms with Crippen LogP contribution in [0.4, 0.5) is 5.82 Å². The molecule has 1 rings (SSSR count). The van der Waals surface area contributed by atoms with Gasteiger partial charge < -0.3 is 10.1 Å². The van der Waals surface area contributed by atoms with Gasteiger partial charge in [-0.2, -0.15) is 0 Å². The number of ether oxygens (including phenoxy) is 1. The van der Waals surface area contributed by atoms with Crippen LogP contribution in [0.2, 0.25) is 0 Å². The van der Waals surface area contributed by atoms with Crippen LogP contribution in [0.5, 0.6) is 0 Å². The third kappa shape index (κ3) is 6.48. The minimum Gasteiger partial charge on any atom is -0.385 e. The highest BCUT2D eigenvalue weighted by Crippen LogP contribution is 2.29. The first-order chi connectivity index (χ1) is 8.01. The third-order valence-corrected chi connectivity index (χ3v) is 2.92. The molecule has 0 bridgehead atoms. The molecule has 0 atom stereocenters. The number of hydrogen-bond acceptors (Lipinski definition) is 5. The summed E-state index contributed by atoms with van der Waals surface area (Å²) in [5.74, 6) is 0.819. The van der Waals surface area contributed by atoms with Gasteiger partial charge in [0.1, 0.15) is 10.8 Å². The van der Waals surface area contributed by atoms with Gasteiger partial charge in [-0.1, -0.05) is 32.5 Å². The van der Waals surface area contributed by atoms with Crippen molar-refractivity contribution in [3.63, 3.8) is 0 Å². The van der Waals surface area contributed by atoms with Crippen LogP contribution in [0.15, 0.2) is 17.2 Å². The highest BCUT2D eigenvalue weighted by molar-refractivity contribution is 8.00. The quantitative estimate of drug-likeness (QED) is 0.625. The number of hydrogen-bond donors (Lipinski definition) is 1. The summed E-state index contributed by atoms with van der Waals surface area (Å²) in [4.78, 5) is 0. The van der Waals surface area contributed by atoms with Crippen LogP contribution in [-0.4, -0.2) is 35.2 Å². The fourth-order valence-corrected chi connectivity index (χ4v) is 2.06. The first-order valence-electron chi connectivity index (χ1n) is 5.77. The fourth-order valence-electron chi connectivity index (χ4n) is 1.22. The summed E-state index contributed by atoms with van der Waals surface area (Å²) in [7, 11) is 1.71. The summed E-state index contributed by atoms with van der Waals surface area (Å²) < 4.78 is 5.14. The number of nitrogens with one attached hydrogen (secondary N) is 1. The molecule has 0 aliphatic rings. The Morgan fingerprint density at radius 1 is 1.29 bits per heavy atom. The molecule has 1 aromatic heterocycles. The predicted octanol–water partition coefficient (Wildman–Crippen LogP) is 2.82. The Labute approximate surface area is 108 Å². The van der Waals surface area contributed by atoms with Gasteiger partial charge in [0.2, 0.25) is 0 Å². The molecule has 0 saturated carbocycles. The fraction of sp³-hybridized carbons (Fsp3) is 0.667. The summed E-state index contributed by atoms with van der Waals surface area (Å²) in [6.45, 7) is 8.11. The standard InChI is InChI=1S/C12H21N3OS/c1-12(2,3)17-11-7-6-10(14-15-11)13-8-5-9-16-4/h6-7H,5,8-9H2,1-4H3,(H,13,14). The number of aromatic nitrogens is 2. The topological polar surface area (TPSA) is 47.0 Å². The van der Waals surface area contributed by atoms with Crippen molar-refractivity contribution in [3.8, 4) is 0 Å². The van der Waals surface area contributed by atoms with E-state index in [1.165, 1.54) is 0 Å². The van der Waals surface area contributed by atoms with Gasteiger partial charge in [0.25, 0.3) is 0 Å². The molecular formula is C12H21N3OS. The molecule has 17 heavy (non-hydrogen) atoms. The lowest BCUT2D eigenvalue weighted by atomic mass is 10.3. The monoisotopic (exact) mass is 255 g/mol. The smallest absolute Gasteiger partial charge is 0.148 e. The molecular weight excluding hydrogens is 234 g/mol. The van der Waals surface area contributed by atoms with E-state index in [9.17, 15) is 0 Å². The van der Waals surface area contributed by atoms with Gasteiger partial charge >= 0.3 is 0 Å². The number of methoxy groups -OCH3 is 1. The van der Waals surface area contributed by atoms with Gasteiger partial charge in [0.05, 0.1) is 0 Å². The second kappa shape index (κ2) is 6.81. The average molecular weight is 255 g/mol. The van der Waals surface area contributed by atoms with Crippen molar-refractivity contribution in [1.82, 2.24) is 10.2 Å². The summed E-state index contributed by atoms with van der Waals surface area (Å²) in [6, 6.07) is 3.97. The van der Waals surface area contributed by atoms with Crippen LogP contribution in [0.3, 0.4) is 0 Å². The molecule has 96 valence electrons. The zero-order chi connectivity index (χ0) is 12.7. The zero-order valence-corrected chi connectivity index (χ0v) is 11.8. The lowest BCUT2D eigenvalue weighted by Crippen LogP contribution is -2.09. The molecule has 0 radical (unpaired) electrons. The summed E-state index contributed by atoms with van der Waals surface area (Å²) in [5.41, 5.74) is 0. The largest absolute Gasteiger partial charge is 0.385 e. The molecule has 1 aromatic rings. The van der Waals surface area contributed by atoms with Crippen molar-refractivity contribution in [2.45, 2.75) is 37.0 Å². The van der Waals surface area contributed by atoms with Crippen LogP contribution in [-0.2, 0) is 4.74 Å². The zero-order valence-electron chi connectivity index (χ0n) is 11.0. The van der Waals surface area contributed by atoms with Gasteiger partial charge in [-0.05, 0) is 18.6 Å². The van der Waals surface area contributed by atoms with Crippen molar-refractivity contribution in [2.75, 3.05) is 25.6 Å². The maximum atomic E-state index is 4.97. The summed E-state index contributed by atoms with van der Waals surface area (Å²) >= 11 is 1.72. The Hall–Kier alpha value is -0.810. The van der Waals surface area contributed by atoms with E-state index in [2.05, 4.69) is 36.3 Å². The van der Waals surface area contributed by atoms with E-state index in [1.54, 1.807) is 18.9 Å². The maximum absolute atomic E-state index is 4.97. The minimum atomic E-state index is 0.169. The molecule has 0 unspecified atom stereocenters. The SMILES string of the molecule is COCCCNc1ccc(SC(C)(C)C)nn1. The highest BCUT2D eigenvalue weighted by atomic mass is 32.2. The lowest BCUT2D eigenvalue weighted by molar-refractivity contribution is 0.197. The normalized spacial score (nSPS) is 11.5. The van der Waals surface area contributed by atoms with Gasteiger partial charge in [0, 0.05) is 25.0 Å². The van der Waals surface area contributed by atoms with Crippen LogP contribution >= 0.6 is 11.8 Å². The van der Waals surface area contributed by atoms with Crippen molar-refractivity contribution >= 4 is 17.6 Å². The van der Waals surface area contributed by atoms with Gasteiger partial charge in [0.15, 0.2) is 0 Å². The van der Waals surface area contributed by atoms with Crippen LogP contribution < -0.4 is 5.32 Å². The van der Waals surface area contributed by atoms with E-state index in [0.29, 0.717) is 0 Å². The van der Waals surface area contributed by atoms with Crippen molar-refractivity contribution in [2.24, 2.45) is 0 Å². The lowest BCUT2D eigenvalue weighted by Gasteiger charge is -2.16. The Bertz CT molecular complexity index is 322. The number of thioether (sulfide) groups is 1. The molecule has 0 aliphatic heterocycles. The Morgan fingerprint density at radius 3 is 2.59 bits per heavy atom. The van der Waals surface area contributed by atoms with Crippen molar-refractivity contribution < 1.29 is 4.74 Å². The predicted molar refractivity (Wildman–Crippen MR) is 72.6 cm³/mol. The van der Waals surface area contributed by atoms with Crippen molar-refractivity contribution in [3.05, 3.63) is 12.1 Å². The van der Waals surface area contributed by atoms with E-state index in [0.717, 1.165) is 30.4 Å². The Morgan fingerprint density at radius 2 is 2.06 bits per heavy atom. The average Bonchev–Trinajstić information content (AvgIpc) is 2.25. The second-order valence-corrected chi connectivity index (χ2v) is 6.59. The second-order valence-electron chi connectivity index (χ2n) is 4.74. The van der Waals surface area contributed by atoms with Gasteiger partial charge in [-0.25, -0.2) is 0 Å². The van der Waals surface area contributed by atoms with Crippen LogP contribution in [0.25, 0.3) is 0 Å². The number of rotatable bonds is 6. The molecule has 0 fully saturated rings. The minimum absolute atomic E-state index is 0.169. The highest BCUT2D eigenvalue weighted by Gasteiger charge is 2.13. The molecule has 0 saturated heterocycles. The Kier molecular flexibility index (Phi) is 5.71. The maximum Gasteiger partial charge on any atom is 0.148 e. The first kappa shape index (κ1) is 14.3. The first-order valence-corrected chi connectivity index (χ1v) is 6.58. The number of anilines is 1. The summed E-state index contributed by atoms with van der Waals surface area (Å²) in [6.07, 6.45) is 0.969. The van der Waals surface area contributed by atoms with E-state index in [-0.39, 0.29) is 4.75 Å². The third-order valence-electron chi connectivity index (χ3n) is 1.88. The van der Waals surface area contributed by atoms with E-state index >= 15 is 0 Å². The molecule has 1 heterocycles. The molecule has 4 nitrogen and oxygen atoms in total. The number of nitrogens with zero attached hydrogens (tertiary/aromatic N) is 2. The molecule has 0 aliphatic carbocycles. The van der Waals surface area contributed by atoms with Crippen molar-refractivity contribution in [1.29, 1.82) is 0 Å². The summed E-state index contributed by atoms with van der Waals surface area (Å²) in [5, 5.41) is 12.5. The van der Waals surface area contributed by atoms with E-state index < -0.39 is 0 Å². The van der Waals surface area contributed by atoms with Gasteiger partial charge in [-0.3, -0.25) is 0 Å². The van der Waals surface area contributed by atoms with Gasteiger partial charge in [-0.15, -0.1) is 10.2 Å². The molecule has 5 heteroatoms. The molecule has 0 spiro atoms. The molecule has 0 amide bonds. The molecule has 0 aromatic carbocycles. The Balaban J connectivity index is 2.39. The van der Waals surface area contributed by atoms with Crippen LogP contribution in [0.1, 0.15) is 27.2 Å². The van der Waals surface area contributed by atoms with E-state index in [4.69, 9.17) is 4.74 Å².